The molecule has 266 valence electrons. The number of benzene rings is 4. The summed E-state index contributed by atoms with van der Waals surface area (Å²) in [7, 11) is -1.50. The molecule has 0 aliphatic carbocycles. The molecule has 0 aliphatic rings. The van der Waals surface area contributed by atoms with Crippen LogP contribution >= 0.6 is 0 Å². The number of aromatic hydroxyl groups is 2. The summed E-state index contributed by atoms with van der Waals surface area (Å²) in [5.41, 5.74) is 1.26. The molecular weight excluding hydrogens is 649 g/mol. The van der Waals surface area contributed by atoms with Crippen molar-refractivity contribution in [2.45, 2.75) is 94.6 Å². The summed E-state index contributed by atoms with van der Waals surface area (Å²) in [5.74, 6) is -0.0964. The van der Waals surface area contributed by atoms with Gasteiger partial charge < -0.3 is 19.7 Å². The van der Waals surface area contributed by atoms with Crippen LogP contribution in [-0.2, 0) is 10.8 Å². The van der Waals surface area contributed by atoms with Gasteiger partial charge in [0.05, 0.1) is 40.0 Å². The molecule has 2 unspecified atom stereocenters. The fourth-order valence-electron chi connectivity index (χ4n) is 5.87. The molecule has 0 saturated carbocycles. The molecule has 0 saturated heterocycles. The van der Waals surface area contributed by atoms with Crippen LogP contribution in [0, 0.1) is 0 Å². The Morgan fingerprint density at radius 3 is 1.84 bits per heavy atom. The van der Waals surface area contributed by atoms with E-state index in [1.165, 1.54) is 31.4 Å². The van der Waals surface area contributed by atoms with Crippen molar-refractivity contribution in [3.05, 3.63) is 113 Å². The van der Waals surface area contributed by atoms with Crippen molar-refractivity contribution in [2.24, 2.45) is 0 Å². The van der Waals surface area contributed by atoms with E-state index < -0.39 is 10.8 Å². The number of rotatable bonds is 22. The fourth-order valence-corrected chi connectivity index (χ4v) is 7.61. The lowest BCUT2D eigenvalue weighted by atomic mass is 10.0. The summed E-state index contributed by atoms with van der Waals surface area (Å²) in [6.45, 7) is 5.07. The molecule has 0 fully saturated rings. The van der Waals surface area contributed by atoms with Gasteiger partial charge in [0, 0.05) is 28.5 Å². The Kier molecular flexibility index (Phi) is 15.6. The smallest absolute Gasteiger partial charge is 0.196 e. The second kappa shape index (κ2) is 20.3. The number of carbonyl (C=O) groups excluding carboxylic acids is 2. The predicted octanol–water partition coefficient (Wildman–Crippen LogP) is 9.82. The highest BCUT2D eigenvalue weighted by Gasteiger charge is 2.25. The Bertz CT molecular complexity index is 1690. The minimum Gasteiger partial charge on any atom is -0.507 e. The van der Waals surface area contributed by atoms with Gasteiger partial charge in [0.15, 0.2) is 11.6 Å². The number of hydrogen-bond acceptors (Lipinski definition) is 7. The van der Waals surface area contributed by atoms with Crippen LogP contribution in [0.1, 0.15) is 116 Å². The maximum Gasteiger partial charge on any atom is 0.196 e. The van der Waals surface area contributed by atoms with Crippen molar-refractivity contribution in [2.75, 3.05) is 13.2 Å². The Hall–Kier alpha value is -4.43. The van der Waals surface area contributed by atoms with Crippen LogP contribution in [-0.4, -0.2) is 44.5 Å². The average molecular weight is 699 g/mol. The first kappa shape index (κ1) is 38.4. The standard InChI is InChI=1S/C42H50O7S/c1-3-5-6-7-8-16-27-49-39-30-38(44)36(42(46)32-21-13-10-14-22-32)29-40(39)50(47)34(18-4-2)23-15-17-26-48-33-24-25-35(37(43)28-33)41(45)31-19-11-9-12-20-31/h9-14,19-22,24-25,28-30,34,43-44H,3-8,15-18,23,26-27H2,1-2H3. The van der Waals surface area contributed by atoms with E-state index in [1.807, 2.05) is 12.1 Å². The largest absolute Gasteiger partial charge is 0.507 e. The van der Waals surface area contributed by atoms with Gasteiger partial charge in [0.2, 0.25) is 0 Å². The zero-order valence-electron chi connectivity index (χ0n) is 29.3. The molecule has 0 bridgehead atoms. The monoisotopic (exact) mass is 698 g/mol. The molecule has 0 spiro atoms. The number of ether oxygens (including phenoxy) is 2. The molecule has 0 amide bonds. The number of ketones is 2. The first-order valence-electron chi connectivity index (χ1n) is 17.9. The van der Waals surface area contributed by atoms with Crippen molar-refractivity contribution in [3.8, 4) is 23.0 Å². The lowest BCUT2D eigenvalue weighted by Gasteiger charge is -2.20. The first-order valence-corrected chi connectivity index (χ1v) is 19.1. The summed E-state index contributed by atoms with van der Waals surface area (Å²) in [5, 5.41) is 21.3. The molecule has 0 radical (unpaired) electrons. The lowest BCUT2D eigenvalue weighted by molar-refractivity contribution is 0.102. The van der Waals surface area contributed by atoms with Gasteiger partial charge in [-0.25, -0.2) is 0 Å². The lowest BCUT2D eigenvalue weighted by Crippen LogP contribution is -2.17. The minimum atomic E-state index is -1.50. The maximum atomic E-state index is 14.2. The van der Waals surface area contributed by atoms with Crippen LogP contribution in [0.15, 0.2) is 95.9 Å². The molecule has 0 aliphatic heterocycles. The molecule has 8 heteroatoms. The minimum absolute atomic E-state index is 0.106. The molecule has 7 nitrogen and oxygen atoms in total. The third-order valence-corrected chi connectivity index (χ3v) is 10.5. The normalized spacial score (nSPS) is 12.3. The summed E-state index contributed by atoms with van der Waals surface area (Å²) in [6, 6.07) is 25.3. The Labute approximate surface area is 299 Å². The zero-order valence-corrected chi connectivity index (χ0v) is 30.1. The summed E-state index contributed by atoms with van der Waals surface area (Å²) in [6.07, 6.45) is 10.3. The van der Waals surface area contributed by atoms with E-state index in [4.69, 9.17) is 9.47 Å². The molecule has 50 heavy (non-hydrogen) atoms. The molecule has 4 aromatic rings. The van der Waals surface area contributed by atoms with Crippen LogP contribution < -0.4 is 9.47 Å². The zero-order chi connectivity index (χ0) is 35.7. The van der Waals surface area contributed by atoms with Crippen molar-refractivity contribution < 1.29 is 33.5 Å². The fraction of sp³-hybridized carbons (Fsp3) is 0.381. The molecule has 4 aromatic carbocycles. The van der Waals surface area contributed by atoms with Crippen molar-refractivity contribution in [3.63, 3.8) is 0 Å². The van der Waals surface area contributed by atoms with E-state index in [0.29, 0.717) is 53.6 Å². The van der Waals surface area contributed by atoms with Gasteiger partial charge in [-0.1, -0.05) is 113 Å². The highest BCUT2D eigenvalue weighted by Crippen LogP contribution is 2.35. The molecule has 0 heterocycles. The SMILES string of the molecule is CCCCCCCCOc1cc(O)c(C(=O)c2ccccc2)cc1S(=O)C(CCC)CCCCOc1ccc(C(=O)c2ccccc2)c(O)c1. The van der Waals surface area contributed by atoms with E-state index in [9.17, 15) is 24.0 Å². The van der Waals surface area contributed by atoms with Crippen molar-refractivity contribution >= 4 is 22.4 Å². The Morgan fingerprint density at radius 2 is 1.20 bits per heavy atom. The number of hydrogen-bond donors (Lipinski definition) is 2. The first-order chi connectivity index (χ1) is 24.3. The molecule has 2 N–H and O–H groups in total. The van der Waals surface area contributed by atoms with Gasteiger partial charge in [0.1, 0.15) is 23.0 Å². The molecular formula is C42H50O7S. The molecule has 2 atom stereocenters. The van der Waals surface area contributed by atoms with Crippen LogP contribution in [0.25, 0.3) is 0 Å². The van der Waals surface area contributed by atoms with Crippen molar-refractivity contribution in [1.82, 2.24) is 0 Å². The van der Waals surface area contributed by atoms with Gasteiger partial charge in [-0.3, -0.25) is 13.8 Å². The topological polar surface area (TPSA) is 110 Å². The van der Waals surface area contributed by atoms with Gasteiger partial charge >= 0.3 is 0 Å². The van der Waals surface area contributed by atoms with E-state index >= 15 is 0 Å². The third-order valence-electron chi connectivity index (χ3n) is 8.67. The number of carbonyl (C=O) groups is 2. The predicted molar refractivity (Wildman–Crippen MR) is 199 cm³/mol. The summed E-state index contributed by atoms with van der Waals surface area (Å²) >= 11 is 0. The second-order valence-corrected chi connectivity index (χ2v) is 14.3. The Balaban J connectivity index is 1.41. The van der Waals surface area contributed by atoms with Crippen LogP contribution in [0.3, 0.4) is 0 Å². The third kappa shape index (κ3) is 11.0. The number of phenolic OH excluding ortho intramolecular Hbond substituents is 2. The quantitative estimate of drug-likeness (QED) is 0.0621. The number of phenols is 2. The second-order valence-electron chi connectivity index (χ2n) is 12.6. The van der Waals surface area contributed by atoms with E-state index in [2.05, 4.69) is 13.8 Å². The van der Waals surface area contributed by atoms with Gasteiger partial charge in [-0.15, -0.1) is 0 Å². The molecule has 0 aromatic heterocycles. The van der Waals surface area contributed by atoms with E-state index in [0.717, 1.165) is 38.5 Å². The number of unbranched alkanes of at least 4 members (excludes halogenated alkanes) is 6. The van der Waals surface area contributed by atoms with E-state index in [1.54, 1.807) is 66.7 Å². The van der Waals surface area contributed by atoms with Crippen LogP contribution in [0.4, 0.5) is 0 Å². The maximum absolute atomic E-state index is 14.2. The van der Waals surface area contributed by atoms with E-state index in [-0.39, 0.29) is 39.4 Å². The highest BCUT2D eigenvalue weighted by molar-refractivity contribution is 7.85. The van der Waals surface area contributed by atoms with Gasteiger partial charge in [-0.2, -0.15) is 0 Å². The summed E-state index contributed by atoms with van der Waals surface area (Å²) < 4.78 is 26.3. The van der Waals surface area contributed by atoms with Gasteiger partial charge in [0.25, 0.3) is 0 Å². The Morgan fingerprint density at radius 1 is 0.620 bits per heavy atom. The van der Waals surface area contributed by atoms with Crippen molar-refractivity contribution in [1.29, 1.82) is 0 Å². The average Bonchev–Trinajstić information content (AvgIpc) is 3.14. The van der Waals surface area contributed by atoms with Crippen LogP contribution in [0.2, 0.25) is 0 Å². The van der Waals surface area contributed by atoms with Crippen LogP contribution in [0.5, 0.6) is 23.0 Å². The highest BCUT2D eigenvalue weighted by atomic mass is 32.2. The van der Waals surface area contributed by atoms with Gasteiger partial charge in [-0.05, 0) is 50.3 Å². The molecule has 4 rings (SSSR count). The summed E-state index contributed by atoms with van der Waals surface area (Å²) in [4.78, 5) is 26.6.